The van der Waals surface area contributed by atoms with Crippen LogP contribution in [0.5, 0.6) is 0 Å². The SMILES string of the molecule is Cc1ccc(C)c(C(O)=C2C(=O)C(=O)N(c3nc4ccc(Cl)cc4s3)C2c2ccc(Cl)c(Cl)c2)c1. The predicted molar refractivity (Wildman–Crippen MR) is 142 cm³/mol. The average molecular weight is 544 g/mol. The van der Waals surface area contributed by atoms with E-state index in [1.807, 2.05) is 26.0 Å². The van der Waals surface area contributed by atoms with Crippen molar-refractivity contribution in [1.29, 1.82) is 0 Å². The van der Waals surface area contributed by atoms with Crippen LogP contribution in [0, 0.1) is 13.8 Å². The molecular formula is C26H17Cl3N2O3S. The van der Waals surface area contributed by atoms with Gasteiger partial charge in [0, 0.05) is 10.6 Å². The molecule has 1 N–H and O–H groups in total. The number of anilines is 1. The molecule has 4 aromatic rings. The number of Topliss-reactive ketones (excluding diaryl/α,β-unsaturated/α-hetero) is 1. The predicted octanol–water partition coefficient (Wildman–Crippen LogP) is 7.50. The number of benzene rings is 3. The Morgan fingerprint density at radius 2 is 1.74 bits per heavy atom. The van der Waals surface area contributed by atoms with E-state index in [2.05, 4.69) is 4.98 Å². The second kappa shape index (κ2) is 8.95. The van der Waals surface area contributed by atoms with E-state index >= 15 is 0 Å². The number of halogens is 3. The standard InChI is InChI=1S/C26H17Cl3N2O3S/c1-12-3-4-13(2)16(9-12)23(32)21-22(14-5-7-17(28)18(29)10-14)31(25(34)24(21)33)26-30-19-8-6-15(27)11-20(19)35-26/h3-11,22,32H,1-2H3. The number of aliphatic hydroxyl groups excluding tert-OH is 1. The smallest absolute Gasteiger partial charge is 0.301 e. The van der Waals surface area contributed by atoms with Gasteiger partial charge in [0.15, 0.2) is 5.13 Å². The Labute approximate surface area is 220 Å². The quantitative estimate of drug-likeness (QED) is 0.165. The molecule has 35 heavy (non-hydrogen) atoms. The summed E-state index contributed by atoms with van der Waals surface area (Å²) < 4.78 is 0.761. The van der Waals surface area contributed by atoms with Gasteiger partial charge < -0.3 is 5.11 Å². The molecule has 0 radical (unpaired) electrons. The summed E-state index contributed by atoms with van der Waals surface area (Å²) in [5, 5.41) is 12.8. The fourth-order valence-corrected chi connectivity index (χ4v) is 5.73. The molecule has 5 rings (SSSR count). The van der Waals surface area contributed by atoms with Crippen LogP contribution in [-0.4, -0.2) is 21.8 Å². The number of carbonyl (C=O) groups is 2. The molecule has 0 spiro atoms. The number of amides is 1. The first-order valence-corrected chi connectivity index (χ1v) is 12.5. The normalized spacial score (nSPS) is 17.5. The number of fused-ring (bicyclic) bond motifs is 1. The fourth-order valence-electron chi connectivity index (χ4n) is 4.15. The molecule has 1 fully saturated rings. The van der Waals surface area contributed by atoms with E-state index in [0.717, 1.165) is 15.8 Å². The lowest BCUT2D eigenvalue weighted by atomic mass is 9.93. The molecule has 9 heteroatoms. The van der Waals surface area contributed by atoms with Gasteiger partial charge in [-0.3, -0.25) is 14.5 Å². The van der Waals surface area contributed by atoms with Crippen LogP contribution >= 0.6 is 46.1 Å². The van der Waals surface area contributed by atoms with Crippen molar-refractivity contribution in [3.8, 4) is 0 Å². The second-order valence-corrected chi connectivity index (χ2v) is 10.5. The van der Waals surface area contributed by atoms with E-state index in [1.165, 1.54) is 16.2 Å². The van der Waals surface area contributed by atoms with E-state index in [-0.39, 0.29) is 16.4 Å². The first-order valence-electron chi connectivity index (χ1n) is 10.6. The van der Waals surface area contributed by atoms with Gasteiger partial charge in [-0.1, -0.05) is 69.9 Å². The summed E-state index contributed by atoms with van der Waals surface area (Å²) >= 11 is 19.8. The molecular weight excluding hydrogens is 527 g/mol. The number of rotatable bonds is 3. The van der Waals surface area contributed by atoms with Crippen LogP contribution in [0.4, 0.5) is 5.13 Å². The maximum Gasteiger partial charge on any atom is 0.301 e. The second-order valence-electron chi connectivity index (χ2n) is 8.27. The number of nitrogens with zero attached hydrogens (tertiary/aromatic N) is 2. The Bertz CT molecular complexity index is 1580. The Morgan fingerprint density at radius 1 is 0.971 bits per heavy atom. The largest absolute Gasteiger partial charge is 0.507 e. The average Bonchev–Trinajstić information content (AvgIpc) is 3.34. The van der Waals surface area contributed by atoms with Gasteiger partial charge in [-0.2, -0.15) is 0 Å². The van der Waals surface area contributed by atoms with Crippen molar-refractivity contribution >= 4 is 78.9 Å². The van der Waals surface area contributed by atoms with Gasteiger partial charge in [-0.15, -0.1) is 0 Å². The zero-order valence-electron chi connectivity index (χ0n) is 18.5. The van der Waals surface area contributed by atoms with Crippen LogP contribution in [0.1, 0.15) is 28.3 Å². The Morgan fingerprint density at radius 3 is 2.49 bits per heavy atom. The minimum atomic E-state index is -0.958. The van der Waals surface area contributed by atoms with Crippen LogP contribution in [0.2, 0.25) is 15.1 Å². The lowest BCUT2D eigenvalue weighted by molar-refractivity contribution is -0.132. The number of hydrogen-bond donors (Lipinski definition) is 1. The topological polar surface area (TPSA) is 70.5 Å². The molecule has 1 aliphatic rings. The number of aromatic nitrogens is 1. The monoisotopic (exact) mass is 542 g/mol. The summed E-state index contributed by atoms with van der Waals surface area (Å²) in [5.41, 5.74) is 3.26. The zero-order chi connectivity index (χ0) is 25.0. The highest BCUT2D eigenvalue weighted by molar-refractivity contribution is 7.22. The third-order valence-corrected chi connectivity index (χ3v) is 7.89. The van der Waals surface area contributed by atoms with Crippen molar-refractivity contribution in [2.24, 2.45) is 0 Å². The Hall–Kier alpha value is -2.90. The number of carbonyl (C=O) groups excluding carboxylic acids is 2. The highest BCUT2D eigenvalue weighted by Gasteiger charge is 2.48. The molecule has 1 unspecified atom stereocenters. The van der Waals surface area contributed by atoms with Crippen molar-refractivity contribution in [3.63, 3.8) is 0 Å². The summed E-state index contributed by atoms with van der Waals surface area (Å²) in [6, 6.07) is 14.7. The van der Waals surface area contributed by atoms with Crippen LogP contribution in [0.25, 0.3) is 16.0 Å². The van der Waals surface area contributed by atoms with Gasteiger partial charge in [0.2, 0.25) is 0 Å². The maximum atomic E-state index is 13.4. The van der Waals surface area contributed by atoms with Gasteiger partial charge in [0.1, 0.15) is 5.76 Å². The fraction of sp³-hybridized carbons (Fsp3) is 0.115. The molecule has 2 heterocycles. The van der Waals surface area contributed by atoms with E-state index in [4.69, 9.17) is 34.8 Å². The first kappa shape index (κ1) is 23.8. The van der Waals surface area contributed by atoms with Crippen molar-refractivity contribution in [2.75, 3.05) is 4.90 Å². The summed E-state index contributed by atoms with van der Waals surface area (Å²) in [5.74, 6) is -1.86. The van der Waals surface area contributed by atoms with Crippen molar-refractivity contribution in [1.82, 2.24) is 4.98 Å². The lowest BCUT2D eigenvalue weighted by Gasteiger charge is -2.23. The molecule has 0 aliphatic carbocycles. The van der Waals surface area contributed by atoms with Crippen LogP contribution < -0.4 is 4.90 Å². The minimum Gasteiger partial charge on any atom is -0.507 e. The molecule has 5 nitrogen and oxygen atoms in total. The molecule has 176 valence electrons. The molecule has 1 aromatic heterocycles. The summed E-state index contributed by atoms with van der Waals surface area (Å²) in [4.78, 5) is 32.7. The number of aliphatic hydroxyl groups is 1. The molecule has 3 aromatic carbocycles. The maximum absolute atomic E-state index is 13.4. The third kappa shape index (κ3) is 4.10. The molecule has 1 amide bonds. The van der Waals surface area contributed by atoms with Crippen LogP contribution in [0.3, 0.4) is 0 Å². The lowest BCUT2D eigenvalue weighted by Crippen LogP contribution is -2.29. The van der Waals surface area contributed by atoms with Crippen LogP contribution in [0.15, 0.2) is 60.2 Å². The number of thiazole rings is 1. The Kier molecular flexibility index (Phi) is 6.09. The van der Waals surface area contributed by atoms with Gasteiger partial charge >= 0.3 is 5.91 Å². The van der Waals surface area contributed by atoms with Gasteiger partial charge in [-0.05, 0) is 61.4 Å². The highest BCUT2D eigenvalue weighted by Crippen LogP contribution is 2.45. The van der Waals surface area contributed by atoms with Crippen molar-refractivity contribution in [2.45, 2.75) is 19.9 Å². The van der Waals surface area contributed by atoms with Crippen molar-refractivity contribution in [3.05, 3.63) is 97.5 Å². The molecule has 0 bridgehead atoms. The Balaban J connectivity index is 1.77. The van der Waals surface area contributed by atoms with Gasteiger partial charge in [-0.25, -0.2) is 4.98 Å². The third-order valence-electron chi connectivity index (χ3n) is 5.90. The zero-order valence-corrected chi connectivity index (χ0v) is 21.6. The number of aryl methyl sites for hydroxylation is 2. The van der Waals surface area contributed by atoms with Gasteiger partial charge in [0.05, 0.1) is 31.9 Å². The van der Waals surface area contributed by atoms with Crippen LogP contribution in [-0.2, 0) is 9.59 Å². The minimum absolute atomic E-state index is 0.0422. The van der Waals surface area contributed by atoms with E-state index in [9.17, 15) is 14.7 Å². The molecule has 0 saturated carbocycles. The van der Waals surface area contributed by atoms with E-state index in [1.54, 1.807) is 42.5 Å². The van der Waals surface area contributed by atoms with Gasteiger partial charge in [0.25, 0.3) is 5.78 Å². The summed E-state index contributed by atoms with van der Waals surface area (Å²) in [6.45, 7) is 3.72. The first-order chi connectivity index (χ1) is 16.7. The molecule has 1 atom stereocenters. The summed E-state index contributed by atoms with van der Waals surface area (Å²) in [7, 11) is 0. The molecule has 1 aliphatic heterocycles. The highest BCUT2D eigenvalue weighted by atomic mass is 35.5. The van der Waals surface area contributed by atoms with Crippen molar-refractivity contribution < 1.29 is 14.7 Å². The van der Waals surface area contributed by atoms with E-state index < -0.39 is 17.7 Å². The summed E-state index contributed by atoms with van der Waals surface area (Å²) in [6.07, 6.45) is 0. The number of ketones is 1. The van der Waals surface area contributed by atoms with E-state index in [0.29, 0.717) is 31.8 Å². The number of hydrogen-bond acceptors (Lipinski definition) is 5. The molecule has 1 saturated heterocycles.